The summed E-state index contributed by atoms with van der Waals surface area (Å²) in [7, 11) is 3.25. The van der Waals surface area contributed by atoms with Crippen molar-refractivity contribution in [2.24, 2.45) is 10.7 Å². The molecule has 1 unspecified atom stereocenters. The van der Waals surface area contributed by atoms with Gasteiger partial charge in [0, 0.05) is 0 Å². The number of rotatable bonds is 4. The van der Waals surface area contributed by atoms with E-state index in [1.165, 1.54) is 11.8 Å². The minimum absolute atomic E-state index is 0.00974. The summed E-state index contributed by atoms with van der Waals surface area (Å²) >= 11 is 1.49. The number of fused-ring (bicyclic) bond motifs is 1. The van der Waals surface area contributed by atoms with E-state index in [0.717, 1.165) is 22.3 Å². The van der Waals surface area contributed by atoms with E-state index in [9.17, 15) is 0 Å². The molecule has 0 fully saturated rings. The standard InChI is InChI=1S/C19H18N4O2S/c1-24-15-8-7-11(9-16(15)25-2)17-10-14(23-19(20)26-17)18-21-12-5-3-4-6-13(12)22-18/h3-10,17H,1-2H3,(H2,20,23)(H,21,22). The highest BCUT2D eigenvalue weighted by molar-refractivity contribution is 8.14. The van der Waals surface area contributed by atoms with Gasteiger partial charge in [-0.2, -0.15) is 0 Å². The maximum atomic E-state index is 6.09. The summed E-state index contributed by atoms with van der Waals surface area (Å²) in [6, 6.07) is 13.7. The molecular formula is C19H18N4O2S. The SMILES string of the molecule is COc1ccc(C2C=C(c3nc4ccccc4[nH]3)N=C(N)S2)cc1OC. The van der Waals surface area contributed by atoms with Gasteiger partial charge in [0.15, 0.2) is 22.5 Å². The van der Waals surface area contributed by atoms with Crippen LogP contribution in [0.25, 0.3) is 16.7 Å². The average molecular weight is 366 g/mol. The topological polar surface area (TPSA) is 85.5 Å². The lowest BCUT2D eigenvalue weighted by Gasteiger charge is -2.19. The molecule has 3 N–H and O–H groups in total. The minimum Gasteiger partial charge on any atom is -0.493 e. The predicted molar refractivity (Wildman–Crippen MR) is 106 cm³/mol. The third-order valence-electron chi connectivity index (χ3n) is 4.16. The molecule has 26 heavy (non-hydrogen) atoms. The maximum absolute atomic E-state index is 6.09. The highest BCUT2D eigenvalue weighted by atomic mass is 32.2. The molecule has 2 aromatic carbocycles. The number of amidine groups is 1. The Kier molecular flexibility index (Phi) is 4.30. The van der Waals surface area contributed by atoms with Crippen LogP contribution < -0.4 is 15.2 Å². The fraction of sp³-hybridized carbons (Fsp3) is 0.158. The maximum Gasteiger partial charge on any atom is 0.161 e. The number of thioether (sulfide) groups is 1. The van der Waals surface area contributed by atoms with E-state index < -0.39 is 0 Å². The number of H-pyrrole nitrogens is 1. The molecule has 0 saturated heterocycles. The van der Waals surface area contributed by atoms with Crippen molar-refractivity contribution in [1.82, 2.24) is 9.97 Å². The summed E-state index contributed by atoms with van der Waals surface area (Å²) in [6.07, 6.45) is 2.06. The molecule has 132 valence electrons. The highest BCUT2D eigenvalue weighted by Gasteiger charge is 2.21. The first-order valence-corrected chi connectivity index (χ1v) is 8.95. The van der Waals surface area contributed by atoms with Crippen LogP contribution in [-0.2, 0) is 0 Å². The van der Waals surface area contributed by atoms with Crippen LogP contribution in [0.4, 0.5) is 0 Å². The molecule has 0 spiro atoms. The molecule has 0 radical (unpaired) electrons. The Morgan fingerprint density at radius 3 is 2.65 bits per heavy atom. The van der Waals surface area contributed by atoms with Gasteiger partial charge in [-0.05, 0) is 35.9 Å². The predicted octanol–water partition coefficient (Wildman–Crippen LogP) is 3.72. The van der Waals surface area contributed by atoms with Crippen LogP contribution in [-0.4, -0.2) is 29.4 Å². The van der Waals surface area contributed by atoms with E-state index in [4.69, 9.17) is 15.2 Å². The van der Waals surface area contributed by atoms with Crippen LogP contribution in [0, 0.1) is 0 Å². The van der Waals surface area contributed by atoms with Crippen molar-refractivity contribution in [3.8, 4) is 11.5 Å². The monoisotopic (exact) mass is 366 g/mol. The number of aromatic nitrogens is 2. The van der Waals surface area contributed by atoms with E-state index in [2.05, 4.69) is 21.0 Å². The summed E-state index contributed by atoms with van der Waals surface area (Å²) in [5.74, 6) is 2.09. The second-order valence-electron chi connectivity index (χ2n) is 5.76. The third-order valence-corrected chi connectivity index (χ3v) is 5.15. The largest absolute Gasteiger partial charge is 0.493 e. The normalized spacial score (nSPS) is 16.9. The fourth-order valence-corrected chi connectivity index (χ4v) is 3.78. The number of ether oxygens (including phenoxy) is 2. The Balaban J connectivity index is 1.73. The van der Waals surface area contributed by atoms with Crippen LogP contribution in [0.5, 0.6) is 11.5 Å². The Bertz CT molecular complexity index is 992. The van der Waals surface area contributed by atoms with Gasteiger partial charge in [-0.1, -0.05) is 30.0 Å². The molecule has 0 bridgehead atoms. The Hall–Kier alpha value is -2.93. The van der Waals surface area contributed by atoms with Crippen molar-refractivity contribution in [2.45, 2.75) is 5.25 Å². The number of hydrogen-bond acceptors (Lipinski definition) is 6. The number of para-hydroxylation sites is 2. The van der Waals surface area contributed by atoms with Gasteiger partial charge in [0.25, 0.3) is 0 Å². The van der Waals surface area contributed by atoms with Crippen molar-refractivity contribution < 1.29 is 9.47 Å². The van der Waals surface area contributed by atoms with Crippen molar-refractivity contribution in [3.05, 3.63) is 59.9 Å². The van der Waals surface area contributed by atoms with E-state index in [1.807, 2.05) is 42.5 Å². The molecular weight excluding hydrogens is 348 g/mol. The van der Waals surface area contributed by atoms with Crippen LogP contribution in [0.15, 0.2) is 53.5 Å². The first kappa shape index (κ1) is 16.5. The molecule has 6 nitrogen and oxygen atoms in total. The Morgan fingerprint density at radius 2 is 1.88 bits per heavy atom. The first-order valence-electron chi connectivity index (χ1n) is 8.07. The van der Waals surface area contributed by atoms with E-state index in [0.29, 0.717) is 22.5 Å². The zero-order valence-electron chi connectivity index (χ0n) is 14.4. The van der Waals surface area contributed by atoms with Gasteiger partial charge in [0.05, 0.1) is 30.5 Å². The lowest BCUT2D eigenvalue weighted by molar-refractivity contribution is 0.354. The van der Waals surface area contributed by atoms with Crippen LogP contribution in [0.2, 0.25) is 0 Å². The highest BCUT2D eigenvalue weighted by Crippen LogP contribution is 2.40. The quantitative estimate of drug-likeness (QED) is 0.735. The van der Waals surface area contributed by atoms with Gasteiger partial charge in [-0.3, -0.25) is 0 Å². The summed E-state index contributed by atoms with van der Waals surface area (Å²) in [5, 5.41) is 0.512. The Labute approximate surface area is 155 Å². The number of nitrogens with zero attached hydrogens (tertiary/aromatic N) is 2. The number of hydrogen-bond donors (Lipinski definition) is 2. The van der Waals surface area contributed by atoms with Crippen LogP contribution >= 0.6 is 11.8 Å². The summed E-state index contributed by atoms with van der Waals surface area (Å²) in [4.78, 5) is 12.4. The molecule has 1 aliphatic heterocycles. The Morgan fingerprint density at radius 1 is 1.08 bits per heavy atom. The summed E-state index contributed by atoms with van der Waals surface area (Å²) in [6.45, 7) is 0. The van der Waals surface area contributed by atoms with Crippen LogP contribution in [0.3, 0.4) is 0 Å². The summed E-state index contributed by atoms with van der Waals surface area (Å²) < 4.78 is 10.7. The number of aliphatic imine (C=N–C) groups is 1. The fourth-order valence-electron chi connectivity index (χ4n) is 2.89. The molecule has 0 amide bonds. The lowest BCUT2D eigenvalue weighted by Crippen LogP contribution is -2.13. The second-order valence-corrected chi connectivity index (χ2v) is 6.92. The number of imidazole rings is 1. The molecule has 3 aromatic rings. The molecule has 4 rings (SSSR count). The molecule has 0 saturated carbocycles. The zero-order valence-corrected chi connectivity index (χ0v) is 15.2. The van der Waals surface area contributed by atoms with Gasteiger partial charge >= 0.3 is 0 Å². The molecule has 2 heterocycles. The number of aromatic amines is 1. The number of methoxy groups -OCH3 is 2. The number of nitrogens with two attached hydrogens (primary N) is 1. The second kappa shape index (κ2) is 6.76. The molecule has 1 atom stereocenters. The minimum atomic E-state index is 0.00974. The molecule has 1 aliphatic rings. The van der Waals surface area contributed by atoms with Crippen molar-refractivity contribution in [2.75, 3.05) is 14.2 Å². The van der Waals surface area contributed by atoms with Crippen molar-refractivity contribution in [1.29, 1.82) is 0 Å². The van der Waals surface area contributed by atoms with Gasteiger partial charge in [0.2, 0.25) is 0 Å². The third kappa shape index (κ3) is 3.01. The van der Waals surface area contributed by atoms with Gasteiger partial charge in [0.1, 0.15) is 5.70 Å². The van der Waals surface area contributed by atoms with Gasteiger partial charge in [-0.15, -0.1) is 0 Å². The van der Waals surface area contributed by atoms with E-state index >= 15 is 0 Å². The summed E-state index contributed by atoms with van der Waals surface area (Å²) in [5.41, 5.74) is 9.75. The smallest absolute Gasteiger partial charge is 0.161 e. The van der Waals surface area contributed by atoms with E-state index in [-0.39, 0.29) is 5.25 Å². The van der Waals surface area contributed by atoms with Crippen molar-refractivity contribution >= 4 is 33.7 Å². The zero-order chi connectivity index (χ0) is 18.1. The first-order chi connectivity index (χ1) is 12.7. The van der Waals surface area contributed by atoms with Crippen LogP contribution in [0.1, 0.15) is 16.6 Å². The van der Waals surface area contributed by atoms with E-state index in [1.54, 1.807) is 14.2 Å². The van der Waals surface area contributed by atoms with Gasteiger partial charge in [-0.25, -0.2) is 9.98 Å². The molecule has 1 aromatic heterocycles. The van der Waals surface area contributed by atoms with Gasteiger partial charge < -0.3 is 20.2 Å². The molecule has 7 heteroatoms. The number of benzene rings is 2. The lowest BCUT2D eigenvalue weighted by atomic mass is 10.1. The molecule has 0 aliphatic carbocycles. The average Bonchev–Trinajstić information content (AvgIpc) is 3.11. The number of nitrogens with one attached hydrogen (secondary N) is 1. The van der Waals surface area contributed by atoms with Crippen molar-refractivity contribution in [3.63, 3.8) is 0 Å².